The van der Waals surface area contributed by atoms with E-state index in [0.717, 1.165) is 6.39 Å². The maximum absolute atomic E-state index is 10.8. The summed E-state index contributed by atoms with van der Waals surface area (Å²) in [5.74, 6) is -0.166. The van der Waals surface area contributed by atoms with Crippen LogP contribution in [0.25, 0.3) is 0 Å². The summed E-state index contributed by atoms with van der Waals surface area (Å²) >= 11 is 0. The van der Waals surface area contributed by atoms with Crippen LogP contribution in [0.1, 0.15) is 0 Å². The first-order valence-electron chi connectivity index (χ1n) is 2.88. The Morgan fingerprint density at radius 1 is 1.91 bits per heavy atom. The van der Waals surface area contributed by atoms with Crippen LogP contribution in [0.5, 0.6) is 0 Å². The first kappa shape index (κ1) is 7.67. The van der Waals surface area contributed by atoms with Gasteiger partial charge in [-0.3, -0.25) is 10.1 Å². The third kappa shape index (κ3) is 2.34. The maximum atomic E-state index is 10.8. The molecule has 0 aliphatic carbocycles. The topological polar surface area (TPSA) is 77.2 Å². The lowest BCUT2D eigenvalue weighted by atomic mass is 10.6. The Labute approximate surface area is 62.5 Å². The Morgan fingerprint density at radius 2 is 2.73 bits per heavy atom. The molecule has 60 valence electrons. The summed E-state index contributed by atoms with van der Waals surface area (Å²) in [7, 11) is 1.43. The normalized spacial score (nSPS) is 9.55. The molecule has 1 aromatic heterocycles. The lowest BCUT2D eigenvalue weighted by Crippen LogP contribution is -2.17. The van der Waals surface area contributed by atoms with E-state index < -0.39 is 0 Å². The van der Waals surface area contributed by atoms with Gasteiger partial charge in [-0.2, -0.15) is 4.98 Å². The largest absolute Gasteiger partial charge is 0.375 e. The third-order valence-electron chi connectivity index (χ3n) is 0.888. The Bertz CT molecular complexity index is 221. The maximum Gasteiger partial charge on any atom is 0.269 e. The van der Waals surface area contributed by atoms with Crippen LogP contribution >= 0.6 is 0 Å². The molecule has 1 heterocycles. The van der Waals surface area contributed by atoms with E-state index in [4.69, 9.17) is 0 Å². The number of methoxy groups -OCH3 is 1. The predicted octanol–water partition coefficient (Wildman–Crippen LogP) is -0.346. The predicted molar refractivity (Wildman–Crippen MR) is 34.8 cm³/mol. The van der Waals surface area contributed by atoms with Gasteiger partial charge in [-0.1, -0.05) is 0 Å². The van der Waals surface area contributed by atoms with Gasteiger partial charge in [-0.15, -0.1) is 0 Å². The van der Waals surface area contributed by atoms with Crippen molar-refractivity contribution in [3.63, 3.8) is 0 Å². The molecule has 6 nitrogen and oxygen atoms in total. The molecule has 0 aliphatic rings. The average molecular weight is 157 g/mol. The summed E-state index contributed by atoms with van der Waals surface area (Å²) in [6, 6.07) is 0. The number of rotatable bonds is 3. The van der Waals surface area contributed by atoms with E-state index in [9.17, 15) is 4.79 Å². The lowest BCUT2D eigenvalue weighted by molar-refractivity contribution is -0.119. The van der Waals surface area contributed by atoms with E-state index in [2.05, 4.69) is 24.7 Å². The first-order valence-corrected chi connectivity index (χ1v) is 2.88. The zero-order chi connectivity index (χ0) is 8.10. The Balaban J connectivity index is 2.37. The van der Waals surface area contributed by atoms with Crippen LogP contribution in [0.15, 0.2) is 10.9 Å². The van der Waals surface area contributed by atoms with Crippen molar-refractivity contribution in [2.75, 3.05) is 19.0 Å². The van der Waals surface area contributed by atoms with Crippen LogP contribution in [-0.2, 0) is 9.53 Å². The summed E-state index contributed by atoms with van der Waals surface area (Å²) in [6.07, 6.45) is 1.13. The van der Waals surface area contributed by atoms with Crippen molar-refractivity contribution in [3.8, 4) is 0 Å². The first-order chi connectivity index (χ1) is 5.33. The summed E-state index contributed by atoms with van der Waals surface area (Å²) in [5, 5.41) is 5.71. The lowest BCUT2D eigenvalue weighted by Gasteiger charge is -1.96. The van der Waals surface area contributed by atoms with Gasteiger partial charge < -0.3 is 9.26 Å². The number of amides is 1. The molecule has 11 heavy (non-hydrogen) atoms. The molecule has 0 spiro atoms. The summed E-state index contributed by atoms with van der Waals surface area (Å²) < 4.78 is 8.93. The summed E-state index contributed by atoms with van der Waals surface area (Å²) in [5.41, 5.74) is 0. The number of hydrogen-bond acceptors (Lipinski definition) is 5. The zero-order valence-corrected chi connectivity index (χ0v) is 5.90. The van der Waals surface area contributed by atoms with Gasteiger partial charge in [0, 0.05) is 7.11 Å². The monoisotopic (exact) mass is 157 g/mol. The number of carbonyl (C=O) groups excluding carboxylic acids is 1. The van der Waals surface area contributed by atoms with Crippen LogP contribution in [0.4, 0.5) is 5.95 Å². The molecule has 6 heteroatoms. The van der Waals surface area contributed by atoms with Crippen LogP contribution < -0.4 is 5.32 Å². The highest BCUT2D eigenvalue weighted by molar-refractivity contribution is 5.89. The van der Waals surface area contributed by atoms with Gasteiger partial charge in [-0.25, -0.2) is 0 Å². The SMILES string of the molecule is COCC(=O)Nc1ncon1. The molecule has 0 aliphatic heterocycles. The second kappa shape index (κ2) is 3.67. The minimum Gasteiger partial charge on any atom is -0.375 e. The fourth-order valence-corrected chi connectivity index (χ4v) is 0.518. The van der Waals surface area contributed by atoms with Crippen molar-refractivity contribution < 1.29 is 14.1 Å². The molecule has 0 radical (unpaired) electrons. The number of aromatic nitrogens is 2. The van der Waals surface area contributed by atoms with Gasteiger partial charge in [0.05, 0.1) is 0 Å². The van der Waals surface area contributed by atoms with Crippen LogP contribution in [0, 0.1) is 0 Å². The van der Waals surface area contributed by atoms with Crippen LogP contribution in [-0.4, -0.2) is 29.8 Å². The van der Waals surface area contributed by atoms with Crippen LogP contribution in [0.3, 0.4) is 0 Å². The second-order valence-corrected chi connectivity index (χ2v) is 1.74. The number of nitrogens with zero attached hydrogens (tertiary/aromatic N) is 2. The molecule has 0 saturated carbocycles. The van der Waals surface area contributed by atoms with E-state index in [1.165, 1.54) is 7.11 Å². The molecular weight excluding hydrogens is 150 g/mol. The highest BCUT2D eigenvalue weighted by Gasteiger charge is 2.03. The van der Waals surface area contributed by atoms with E-state index >= 15 is 0 Å². The quantitative estimate of drug-likeness (QED) is 0.649. The molecule has 0 saturated heterocycles. The highest BCUT2D eigenvalue weighted by atomic mass is 16.5. The minimum atomic E-state index is -0.311. The van der Waals surface area contributed by atoms with Gasteiger partial charge in [0.2, 0.25) is 6.39 Å². The number of hydrogen-bond donors (Lipinski definition) is 1. The Morgan fingerprint density at radius 3 is 3.27 bits per heavy atom. The molecule has 1 N–H and O–H groups in total. The van der Waals surface area contributed by atoms with Gasteiger partial charge >= 0.3 is 0 Å². The second-order valence-electron chi connectivity index (χ2n) is 1.74. The van der Waals surface area contributed by atoms with Gasteiger partial charge in [0.25, 0.3) is 11.9 Å². The number of nitrogens with one attached hydrogen (secondary N) is 1. The fraction of sp³-hybridized carbons (Fsp3) is 0.400. The molecule has 0 atom stereocenters. The van der Waals surface area contributed by atoms with Gasteiger partial charge in [0.1, 0.15) is 6.61 Å². The van der Waals surface area contributed by atoms with Crippen LogP contribution in [0.2, 0.25) is 0 Å². The molecule has 0 aromatic carbocycles. The fourth-order valence-electron chi connectivity index (χ4n) is 0.518. The highest BCUT2D eigenvalue weighted by Crippen LogP contribution is 1.93. The zero-order valence-electron chi connectivity index (χ0n) is 5.90. The Kier molecular flexibility index (Phi) is 2.56. The molecular formula is C5H7N3O3. The number of carbonyl (C=O) groups is 1. The van der Waals surface area contributed by atoms with Gasteiger partial charge in [-0.05, 0) is 5.16 Å². The van der Waals surface area contributed by atoms with Crippen molar-refractivity contribution in [2.45, 2.75) is 0 Å². The van der Waals surface area contributed by atoms with Gasteiger partial charge in [0.15, 0.2) is 0 Å². The number of ether oxygens (including phenoxy) is 1. The molecule has 0 fully saturated rings. The van der Waals surface area contributed by atoms with Crippen molar-refractivity contribution in [1.82, 2.24) is 10.1 Å². The van der Waals surface area contributed by atoms with E-state index in [1.54, 1.807) is 0 Å². The van der Waals surface area contributed by atoms with Crippen molar-refractivity contribution in [3.05, 3.63) is 6.39 Å². The van der Waals surface area contributed by atoms with E-state index in [-0.39, 0.29) is 18.5 Å². The van der Waals surface area contributed by atoms with E-state index in [1.807, 2.05) is 0 Å². The summed E-state index contributed by atoms with van der Waals surface area (Å²) in [4.78, 5) is 14.3. The van der Waals surface area contributed by atoms with E-state index in [0.29, 0.717) is 0 Å². The third-order valence-corrected chi connectivity index (χ3v) is 0.888. The minimum absolute atomic E-state index is 0.0193. The standard InChI is InChI=1S/C5H7N3O3/c1-10-2-4(9)7-5-6-3-11-8-5/h3H,2H2,1H3,(H,7,8,9). The molecule has 0 bridgehead atoms. The Hall–Kier alpha value is -1.43. The molecule has 1 rings (SSSR count). The van der Waals surface area contributed by atoms with Crippen molar-refractivity contribution in [1.29, 1.82) is 0 Å². The number of anilines is 1. The van der Waals surface area contributed by atoms with Crippen molar-refractivity contribution in [2.24, 2.45) is 0 Å². The molecule has 1 amide bonds. The average Bonchev–Trinajstić information content (AvgIpc) is 2.40. The smallest absolute Gasteiger partial charge is 0.269 e. The molecule has 0 unspecified atom stereocenters. The molecule has 1 aromatic rings. The van der Waals surface area contributed by atoms with Crippen molar-refractivity contribution >= 4 is 11.9 Å². The summed E-state index contributed by atoms with van der Waals surface area (Å²) in [6.45, 7) is -0.0193.